The quantitative estimate of drug-likeness (QED) is 0.796. The summed E-state index contributed by atoms with van der Waals surface area (Å²) < 4.78 is 39.7. The lowest BCUT2D eigenvalue weighted by molar-refractivity contribution is 0.249. The number of rotatable bonds is 4. The monoisotopic (exact) mass is 325 g/mol. The van der Waals surface area contributed by atoms with Crippen LogP contribution in [0.15, 0.2) is 17.0 Å². The van der Waals surface area contributed by atoms with E-state index in [4.69, 9.17) is 23.2 Å². The Morgan fingerprint density at radius 1 is 1.42 bits per heavy atom. The predicted molar refractivity (Wildman–Crippen MR) is 73.6 cm³/mol. The van der Waals surface area contributed by atoms with Crippen LogP contribution in [0.2, 0.25) is 5.02 Å². The van der Waals surface area contributed by atoms with Gasteiger partial charge in [0.1, 0.15) is 5.82 Å². The molecule has 0 atom stereocenters. The van der Waals surface area contributed by atoms with Gasteiger partial charge in [0.05, 0.1) is 9.92 Å². The van der Waals surface area contributed by atoms with Crippen molar-refractivity contribution in [1.29, 1.82) is 0 Å². The van der Waals surface area contributed by atoms with Crippen molar-refractivity contribution in [3.05, 3.63) is 28.5 Å². The first-order valence-electron chi connectivity index (χ1n) is 5.90. The molecule has 0 spiro atoms. The topological polar surface area (TPSA) is 37.4 Å². The minimum atomic E-state index is -3.69. The molecule has 0 aromatic heterocycles. The van der Waals surface area contributed by atoms with Crippen LogP contribution in [0.3, 0.4) is 0 Å². The lowest BCUT2D eigenvalue weighted by Gasteiger charge is -2.33. The summed E-state index contributed by atoms with van der Waals surface area (Å²) in [4.78, 5) is -0.0977. The summed E-state index contributed by atoms with van der Waals surface area (Å²) in [5.41, 5.74) is 0.281. The van der Waals surface area contributed by atoms with Gasteiger partial charge >= 0.3 is 0 Å². The van der Waals surface area contributed by atoms with Gasteiger partial charge in [-0.2, -0.15) is 4.31 Å². The van der Waals surface area contributed by atoms with Gasteiger partial charge in [-0.05, 0) is 30.5 Å². The van der Waals surface area contributed by atoms with E-state index in [1.807, 2.05) is 0 Å². The Morgan fingerprint density at radius 3 is 2.53 bits per heavy atom. The molecule has 0 radical (unpaired) electrons. The van der Waals surface area contributed by atoms with Crippen molar-refractivity contribution in [3.8, 4) is 0 Å². The van der Waals surface area contributed by atoms with Gasteiger partial charge in [0.2, 0.25) is 10.0 Å². The Hall–Kier alpha value is -0.360. The summed E-state index contributed by atoms with van der Waals surface area (Å²) in [6.45, 7) is 0. The molecule has 1 saturated carbocycles. The number of alkyl halides is 1. The third-order valence-electron chi connectivity index (χ3n) is 3.49. The predicted octanol–water partition coefficient (Wildman–Crippen LogP) is 3.39. The Balaban J connectivity index is 2.42. The van der Waals surface area contributed by atoms with Gasteiger partial charge in [0, 0.05) is 19.0 Å². The van der Waals surface area contributed by atoms with Crippen LogP contribution in [-0.4, -0.2) is 25.8 Å². The average molecular weight is 326 g/mol. The van der Waals surface area contributed by atoms with Crippen molar-refractivity contribution in [3.63, 3.8) is 0 Å². The van der Waals surface area contributed by atoms with Crippen molar-refractivity contribution in [2.75, 3.05) is 7.05 Å². The van der Waals surface area contributed by atoms with Crippen LogP contribution in [-0.2, 0) is 15.9 Å². The van der Waals surface area contributed by atoms with Crippen molar-refractivity contribution in [1.82, 2.24) is 4.31 Å². The summed E-state index contributed by atoms with van der Waals surface area (Å²) in [7, 11) is -2.17. The smallest absolute Gasteiger partial charge is 0.207 e. The van der Waals surface area contributed by atoms with E-state index in [0.717, 1.165) is 25.3 Å². The first-order chi connectivity index (χ1) is 8.87. The summed E-state index contributed by atoms with van der Waals surface area (Å²) in [6.07, 6.45) is 2.70. The van der Waals surface area contributed by atoms with Crippen LogP contribution in [0, 0.1) is 5.82 Å². The molecular formula is C12H14Cl2FNO2S. The molecule has 19 heavy (non-hydrogen) atoms. The van der Waals surface area contributed by atoms with E-state index in [-0.39, 0.29) is 27.4 Å². The Kier molecular flexibility index (Phi) is 4.40. The van der Waals surface area contributed by atoms with E-state index in [2.05, 4.69) is 0 Å². The van der Waals surface area contributed by atoms with Crippen molar-refractivity contribution < 1.29 is 12.8 Å². The summed E-state index contributed by atoms with van der Waals surface area (Å²) in [5, 5.41) is -0.125. The minimum absolute atomic E-state index is 0.00295. The van der Waals surface area contributed by atoms with Crippen LogP contribution in [0.5, 0.6) is 0 Å². The van der Waals surface area contributed by atoms with E-state index < -0.39 is 15.8 Å². The third-order valence-corrected chi connectivity index (χ3v) is 6.09. The maximum atomic E-state index is 13.6. The fourth-order valence-corrected chi connectivity index (χ4v) is 3.91. The molecule has 1 aromatic rings. The van der Waals surface area contributed by atoms with Crippen molar-refractivity contribution in [2.45, 2.75) is 36.1 Å². The zero-order chi connectivity index (χ0) is 14.2. The lowest BCUT2D eigenvalue weighted by atomic mass is 9.94. The molecule has 1 aromatic carbocycles. The molecule has 0 bridgehead atoms. The first-order valence-corrected chi connectivity index (χ1v) is 8.25. The van der Waals surface area contributed by atoms with E-state index in [1.165, 1.54) is 17.4 Å². The molecule has 3 nitrogen and oxygen atoms in total. The van der Waals surface area contributed by atoms with Gasteiger partial charge in [0.15, 0.2) is 0 Å². The average Bonchev–Trinajstić information content (AvgIpc) is 2.30. The third kappa shape index (κ3) is 2.75. The first kappa shape index (κ1) is 15.0. The highest BCUT2D eigenvalue weighted by atomic mass is 35.5. The van der Waals surface area contributed by atoms with Crippen LogP contribution in [0.4, 0.5) is 4.39 Å². The van der Waals surface area contributed by atoms with E-state index in [0.29, 0.717) is 0 Å². The maximum Gasteiger partial charge on any atom is 0.243 e. The molecule has 106 valence electrons. The molecule has 1 fully saturated rings. The minimum Gasteiger partial charge on any atom is -0.207 e. The maximum absolute atomic E-state index is 13.6. The van der Waals surface area contributed by atoms with Crippen molar-refractivity contribution in [2.24, 2.45) is 0 Å². The highest BCUT2D eigenvalue weighted by molar-refractivity contribution is 7.89. The number of benzene rings is 1. The molecule has 0 amide bonds. The zero-order valence-electron chi connectivity index (χ0n) is 10.4. The highest BCUT2D eigenvalue weighted by Gasteiger charge is 2.32. The molecule has 0 unspecified atom stereocenters. The standard InChI is InChI=1S/C12H14Cl2FNO2S/c1-16(9-3-2-4-9)19(17,18)10-5-8(7-13)12(14)11(15)6-10/h5-6,9H,2-4,7H2,1H3. The molecule has 7 heteroatoms. The van der Waals surface area contributed by atoms with Crippen LogP contribution >= 0.6 is 23.2 Å². The number of hydrogen-bond acceptors (Lipinski definition) is 2. The molecule has 0 N–H and O–H groups in total. The molecule has 0 heterocycles. The molecule has 1 aliphatic rings. The summed E-state index contributed by atoms with van der Waals surface area (Å²) >= 11 is 11.4. The Bertz CT molecular complexity index is 588. The van der Waals surface area contributed by atoms with E-state index in [9.17, 15) is 12.8 Å². The SMILES string of the molecule is CN(C1CCC1)S(=O)(=O)c1cc(F)c(Cl)c(CCl)c1. The van der Waals surface area contributed by atoms with Crippen LogP contribution < -0.4 is 0 Å². The van der Waals surface area contributed by atoms with Gasteiger partial charge in [-0.15, -0.1) is 11.6 Å². The van der Waals surface area contributed by atoms with E-state index in [1.54, 1.807) is 0 Å². The molecule has 2 rings (SSSR count). The normalized spacial score (nSPS) is 16.7. The zero-order valence-corrected chi connectivity index (χ0v) is 12.7. The second kappa shape index (κ2) is 5.56. The van der Waals surface area contributed by atoms with Crippen molar-refractivity contribution >= 4 is 33.2 Å². The number of nitrogens with zero attached hydrogens (tertiary/aromatic N) is 1. The molecule has 1 aliphatic carbocycles. The molecule has 0 aliphatic heterocycles. The number of hydrogen-bond donors (Lipinski definition) is 0. The van der Waals surface area contributed by atoms with Crippen LogP contribution in [0.25, 0.3) is 0 Å². The fraction of sp³-hybridized carbons (Fsp3) is 0.500. The second-order valence-electron chi connectivity index (χ2n) is 4.62. The number of sulfonamides is 1. The van der Waals surface area contributed by atoms with Gasteiger partial charge in [-0.3, -0.25) is 0 Å². The molecular weight excluding hydrogens is 312 g/mol. The van der Waals surface area contributed by atoms with E-state index >= 15 is 0 Å². The van der Waals surface area contributed by atoms with Gasteiger partial charge < -0.3 is 0 Å². The van der Waals surface area contributed by atoms with Gasteiger partial charge in [-0.25, -0.2) is 12.8 Å². The van der Waals surface area contributed by atoms with Gasteiger partial charge in [0.25, 0.3) is 0 Å². The number of halogens is 3. The lowest BCUT2D eigenvalue weighted by Crippen LogP contribution is -2.41. The summed E-state index contributed by atoms with van der Waals surface area (Å²) in [5.74, 6) is -0.799. The van der Waals surface area contributed by atoms with Gasteiger partial charge in [-0.1, -0.05) is 18.0 Å². The second-order valence-corrected chi connectivity index (χ2v) is 7.26. The Labute approximate surface area is 122 Å². The fourth-order valence-electron chi connectivity index (χ4n) is 1.98. The highest BCUT2D eigenvalue weighted by Crippen LogP contribution is 2.31. The Morgan fingerprint density at radius 2 is 2.05 bits per heavy atom. The molecule has 0 saturated heterocycles. The van der Waals surface area contributed by atoms with Crippen LogP contribution in [0.1, 0.15) is 24.8 Å². The summed E-state index contributed by atoms with van der Waals surface area (Å²) in [6, 6.07) is 2.29. The largest absolute Gasteiger partial charge is 0.243 e.